The van der Waals surface area contributed by atoms with E-state index in [1.54, 1.807) is 0 Å². The molecule has 0 saturated carbocycles. The number of hydrogen-bond acceptors (Lipinski definition) is 1. The fraction of sp³-hybridized carbons (Fsp3) is 0.538. The molecule has 1 heteroatoms. The van der Waals surface area contributed by atoms with Gasteiger partial charge >= 0.3 is 0 Å². The molecule has 1 rings (SSSR count). The lowest BCUT2D eigenvalue weighted by atomic mass is 9.94. The first kappa shape index (κ1) is 11.3. The summed E-state index contributed by atoms with van der Waals surface area (Å²) in [4.78, 5) is 0. The SMILES string of the molecule is Cc1ccc(CC(C)CCO)c(C)c1. The minimum atomic E-state index is 0.298. The van der Waals surface area contributed by atoms with Crippen LogP contribution in [0.1, 0.15) is 30.0 Å². The Hall–Kier alpha value is -0.820. The molecule has 0 radical (unpaired) electrons. The van der Waals surface area contributed by atoms with Crippen molar-refractivity contribution < 1.29 is 5.11 Å². The van der Waals surface area contributed by atoms with Crippen molar-refractivity contribution in [2.75, 3.05) is 6.61 Å². The molecule has 1 aromatic carbocycles. The van der Waals surface area contributed by atoms with E-state index in [4.69, 9.17) is 5.11 Å². The Morgan fingerprint density at radius 2 is 2.00 bits per heavy atom. The Morgan fingerprint density at radius 1 is 1.29 bits per heavy atom. The molecule has 1 nitrogen and oxygen atoms in total. The third-order valence-electron chi connectivity index (χ3n) is 2.69. The number of aliphatic hydroxyl groups is 1. The van der Waals surface area contributed by atoms with Crippen molar-refractivity contribution in [1.29, 1.82) is 0 Å². The molecular formula is C13H20O. The topological polar surface area (TPSA) is 20.2 Å². The minimum Gasteiger partial charge on any atom is -0.396 e. The van der Waals surface area contributed by atoms with E-state index >= 15 is 0 Å². The van der Waals surface area contributed by atoms with E-state index in [-0.39, 0.29) is 0 Å². The third kappa shape index (κ3) is 3.15. The summed E-state index contributed by atoms with van der Waals surface area (Å²) >= 11 is 0. The van der Waals surface area contributed by atoms with E-state index in [0.717, 1.165) is 12.8 Å². The standard InChI is InChI=1S/C13H20O/c1-10-4-5-13(12(3)8-10)9-11(2)6-7-14/h4-5,8,11,14H,6-7,9H2,1-3H3. The Balaban J connectivity index is 2.67. The van der Waals surface area contributed by atoms with Gasteiger partial charge in [-0.25, -0.2) is 0 Å². The van der Waals surface area contributed by atoms with Gasteiger partial charge < -0.3 is 5.11 Å². The quantitative estimate of drug-likeness (QED) is 0.777. The molecular weight excluding hydrogens is 172 g/mol. The smallest absolute Gasteiger partial charge is 0.0433 e. The van der Waals surface area contributed by atoms with Crippen LogP contribution >= 0.6 is 0 Å². The van der Waals surface area contributed by atoms with E-state index < -0.39 is 0 Å². The van der Waals surface area contributed by atoms with Gasteiger partial charge in [-0.1, -0.05) is 30.7 Å². The molecule has 0 amide bonds. The average molecular weight is 192 g/mol. The highest BCUT2D eigenvalue weighted by molar-refractivity contribution is 5.30. The second-order valence-corrected chi connectivity index (χ2v) is 4.25. The van der Waals surface area contributed by atoms with Crippen LogP contribution in [0.5, 0.6) is 0 Å². The van der Waals surface area contributed by atoms with Crippen molar-refractivity contribution in [2.24, 2.45) is 5.92 Å². The summed E-state index contributed by atoms with van der Waals surface area (Å²) in [5.41, 5.74) is 4.10. The first-order valence-electron chi connectivity index (χ1n) is 5.30. The first-order chi connectivity index (χ1) is 6.63. The zero-order chi connectivity index (χ0) is 10.6. The van der Waals surface area contributed by atoms with Crippen LogP contribution in [-0.4, -0.2) is 11.7 Å². The highest BCUT2D eigenvalue weighted by Crippen LogP contribution is 2.16. The summed E-state index contributed by atoms with van der Waals surface area (Å²) < 4.78 is 0. The van der Waals surface area contributed by atoms with Crippen LogP contribution in [-0.2, 0) is 6.42 Å². The first-order valence-corrected chi connectivity index (χ1v) is 5.30. The number of hydrogen-bond donors (Lipinski definition) is 1. The monoisotopic (exact) mass is 192 g/mol. The van der Waals surface area contributed by atoms with Crippen LogP contribution in [0.4, 0.5) is 0 Å². The fourth-order valence-corrected chi connectivity index (χ4v) is 1.77. The molecule has 0 aromatic heterocycles. The molecule has 1 atom stereocenters. The average Bonchev–Trinajstić information content (AvgIpc) is 2.10. The van der Waals surface area contributed by atoms with E-state index in [0.29, 0.717) is 12.5 Å². The lowest BCUT2D eigenvalue weighted by Crippen LogP contribution is -2.03. The lowest BCUT2D eigenvalue weighted by molar-refractivity contribution is 0.262. The molecule has 1 aromatic rings. The summed E-state index contributed by atoms with van der Waals surface area (Å²) in [5.74, 6) is 0.571. The molecule has 1 N–H and O–H groups in total. The molecule has 0 heterocycles. The summed E-state index contributed by atoms with van der Waals surface area (Å²) in [5, 5.41) is 8.83. The van der Waals surface area contributed by atoms with Crippen molar-refractivity contribution in [3.8, 4) is 0 Å². The van der Waals surface area contributed by atoms with Crippen LogP contribution in [0.25, 0.3) is 0 Å². The maximum atomic E-state index is 8.83. The Bertz CT molecular complexity index is 291. The maximum Gasteiger partial charge on any atom is 0.0433 e. The summed E-state index contributed by atoms with van der Waals surface area (Å²) in [7, 11) is 0. The van der Waals surface area contributed by atoms with Crippen molar-refractivity contribution in [2.45, 2.75) is 33.6 Å². The maximum absolute atomic E-state index is 8.83. The van der Waals surface area contributed by atoms with Gasteiger partial charge in [0.05, 0.1) is 0 Å². The molecule has 1 unspecified atom stereocenters. The van der Waals surface area contributed by atoms with Crippen molar-refractivity contribution in [1.82, 2.24) is 0 Å². The molecule has 78 valence electrons. The van der Waals surface area contributed by atoms with E-state index in [1.165, 1.54) is 16.7 Å². The van der Waals surface area contributed by atoms with Crippen molar-refractivity contribution in [3.63, 3.8) is 0 Å². The molecule has 0 saturated heterocycles. The second kappa shape index (κ2) is 5.16. The highest BCUT2D eigenvalue weighted by Gasteiger charge is 2.05. The van der Waals surface area contributed by atoms with Crippen LogP contribution in [0.2, 0.25) is 0 Å². The van der Waals surface area contributed by atoms with Gasteiger partial charge in [0.15, 0.2) is 0 Å². The summed E-state index contributed by atoms with van der Waals surface area (Å²) in [6.45, 7) is 6.77. The molecule has 0 spiro atoms. The van der Waals surface area contributed by atoms with Crippen LogP contribution in [0, 0.1) is 19.8 Å². The Kier molecular flexibility index (Phi) is 4.15. The van der Waals surface area contributed by atoms with Crippen LogP contribution < -0.4 is 0 Å². The van der Waals surface area contributed by atoms with Gasteiger partial charge in [-0.2, -0.15) is 0 Å². The second-order valence-electron chi connectivity index (χ2n) is 4.25. The molecule has 14 heavy (non-hydrogen) atoms. The summed E-state index contributed by atoms with van der Waals surface area (Å²) in [6, 6.07) is 6.59. The fourth-order valence-electron chi connectivity index (χ4n) is 1.77. The molecule has 0 aliphatic carbocycles. The number of rotatable bonds is 4. The van der Waals surface area contributed by atoms with E-state index in [2.05, 4.69) is 39.0 Å². The van der Waals surface area contributed by atoms with Gasteiger partial charge in [-0.3, -0.25) is 0 Å². The number of aliphatic hydroxyl groups excluding tert-OH is 1. The van der Waals surface area contributed by atoms with Gasteiger partial charge in [0.1, 0.15) is 0 Å². The van der Waals surface area contributed by atoms with Gasteiger partial charge in [0.25, 0.3) is 0 Å². The van der Waals surface area contributed by atoms with Crippen molar-refractivity contribution >= 4 is 0 Å². The van der Waals surface area contributed by atoms with Crippen LogP contribution in [0.3, 0.4) is 0 Å². The number of benzene rings is 1. The minimum absolute atomic E-state index is 0.298. The number of aryl methyl sites for hydroxylation is 2. The molecule has 0 bridgehead atoms. The third-order valence-corrected chi connectivity index (χ3v) is 2.69. The molecule has 0 aliphatic rings. The Labute approximate surface area is 86.8 Å². The largest absolute Gasteiger partial charge is 0.396 e. The zero-order valence-electron chi connectivity index (χ0n) is 9.38. The van der Waals surface area contributed by atoms with Gasteiger partial charge in [-0.15, -0.1) is 0 Å². The van der Waals surface area contributed by atoms with E-state index in [9.17, 15) is 0 Å². The summed E-state index contributed by atoms with van der Waals surface area (Å²) in [6.07, 6.45) is 1.97. The highest BCUT2D eigenvalue weighted by atomic mass is 16.3. The van der Waals surface area contributed by atoms with Gasteiger partial charge in [-0.05, 0) is 43.7 Å². The normalized spacial score (nSPS) is 12.9. The predicted octanol–water partition coefficient (Wildman–Crippen LogP) is 2.86. The predicted molar refractivity (Wildman–Crippen MR) is 60.5 cm³/mol. The van der Waals surface area contributed by atoms with Gasteiger partial charge in [0, 0.05) is 6.61 Å². The van der Waals surface area contributed by atoms with E-state index in [1.807, 2.05) is 0 Å². The lowest BCUT2D eigenvalue weighted by Gasteiger charge is -2.12. The van der Waals surface area contributed by atoms with Crippen LogP contribution in [0.15, 0.2) is 18.2 Å². The van der Waals surface area contributed by atoms with Crippen molar-refractivity contribution in [3.05, 3.63) is 34.9 Å². The van der Waals surface area contributed by atoms with Gasteiger partial charge in [0.2, 0.25) is 0 Å². The molecule has 0 aliphatic heterocycles. The molecule has 0 fully saturated rings. The Morgan fingerprint density at radius 3 is 2.57 bits per heavy atom. The zero-order valence-corrected chi connectivity index (χ0v) is 9.38.